The van der Waals surface area contributed by atoms with Crippen LogP contribution in [0, 0.1) is 0 Å². The van der Waals surface area contributed by atoms with E-state index in [9.17, 15) is 4.79 Å². The van der Waals surface area contributed by atoms with E-state index in [1.807, 2.05) is 24.3 Å². The molecule has 2 fully saturated rings. The van der Waals surface area contributed by atoms with Gasteiger partial charge < -0.3 is 20.7 Å². The zero-order valence-electron chi connectivity index (χ0n) is 19.8. The summed E-state index contributed by atoms with van der Waals surface area (Å²) in [5.41, 5.74) is 1.14. The Morgan fingerprint density at radius 1 is 1.19 bits per heavy atom. The number of guanidine groups is 1. The second-order valence-corrected chi connectivity index (χ2v) is 9.19. The molecule has 1 aliphatic carbocycles. The second kappa shape index (κ2) is 13.2. The van der Waals surface area contributed by atoms with E-state index in [4.69, 9.17) is 9.73 Å². The largest absolute Gasteiger partial charge is 0.484 e. The number of nitrogens with zero attached hydrogens (tertiary/aromatic N) is 2. The van der Waals surface area contributed by atoms with E-state index in [1.54, 1.807) is 0 Å². The second-order valence-electron chi connectivity index (χ2n) is 9.19. The molecule has 1 heterocycles. The molecule has 0 aromatic heterocycles. The molecule has 2 aliphatic rings. The number of nitrogens with one attached hydrogen (secondary N) is 3. The number of piperidine rings is 1. The van der Waals surface area contributed by atoms with Crippen molar-refractivity contribution in [1.82, 2.24) is 20.9 Å². The Bertz CT molecular complexity index is 746. The van der Waals surface area contributed by atoms with Crippen molar-refractivity contribution < 1.29 is 9.53 Å². The van der Waals surface area contributed by atoms with Gasteiger partial charge in [0.1, 0.15) is 5.75 Å². The maximum absolute atomic E-state index is 11.8. The Labute approximate surface area is 210 Å². The van der Waals surface area contributed by atoms with Crippen molar-refractivity contribution in [3.05, 3.63) is 29.8 Å². The monoisotopic (exact) mass is 557 g/mol. The predicted octanol–water partition coefficient (Wildman–Crippen LogP) is 3.28. The van der Waals surface area contributed by atoms with Gasteiger partial charge in [-0.1, -0.05) is 18.6 Å². The molecule has 0 radical (unpaired) electrons. The van der Waals surface area contributed by atoms with Crippen molar-refractivity contribution in [2.45, 2.75) is 71.0 Å². The number of aliphatic imine (C=N–C) groups is 1. The summed E-state index contributed by atoms with van der Waals surface area (Å²) >= 11 is 0. The highest BCUT2D eigenvalue weighted by molar-refractivity contribution is 14.0. The summed E-state index contributed by atoms with van der Waals surface area (Å²) in [7, 11) is 0. The van der Waals surface area contributed by atoms with Crippen LogP contribution in [0.3, 0.4) is 0 Å². The lowest BCUT2D eigenvalue weighted by Gasteiger charge is -2.41. The van der Waals surface area contributed by atoms with Gasteiger partial charge >= 0.3 is 0 Å². The number of hydrogen-bond donors (Lipinski definition) is 3. The number of amides is 1. The van der Waals surface area contributed by atoms with Gasteiger partial charge in [0.05, 0.1) is 6.54 Å². The highest BCUT2D eigenvalue weighted by Crippen LogP contribution is 2.20. The van der Waals surface area contributed by atoms with Crippen molar-refractivity contribution in [2.24, 2.45) is 4.99 Å². The minimum atomic E-state index is -0.0547. The summed E-state index contributed by atoms with van der Waals surface area (Å²) in [6.07, 6.45) is 6.09. The molecule has 7 nitrogen and oxygen atoms in total. The van der Waals surface area contributed by atoms with Gasteiger partial charge in [-0.25, -0.2) is 4.99 Å². The van der Waals surface area contributed by atoms with Crippen molar-refractivity contribution in [1.29, 1.82) is 0 Å². The number of likely N-dealkylation sites (tertiary alicyclic amines) is 1. The average Bonchev–Trinajstić information content (AvgIpc) is 3.59. The molecule has 0 atom stereocenters. The van der Waals surface area contributed by atoms with E-state index >= 15 is 0 Å². The lowest BCUT2D eigenvalue weighted by atomic mass is 9.98. The van der Waals surface area contributed by atoms with Crippen molar-refractivity contribution in [3.63, 3.8) is 0 Å². The Morgan fingerprint density at radius 3 is 2.62 bits per heavy atom. The van der Waals surface area contributed by atoms with E-state index in [0.717, 1.165) is 37.5 Å². The molecular weight excluding hydrogens is 517 g/mol. The van der Waals surface area contributed by atoms with Crippen LogP contribution in [0.25, 0.3) is 0 Å². The van der Waals surface area contributed by atoms with Crippen molar-refractivity contribution in [2.75, 3.05) is 32.8 Å². The molecule has 3 rings (SSSR count). The third-order valence-electron chi connectivity index (χ3n) is 5.88. The molecule has 0 unspecified atom stereocenters. The van der Waals surface area contributed by atoms with Gasteiger partial charge in [-0.3, -0.25) is 9.69 Å². The van der Waals surface area contributed by atoms with Crippen LogP contribution in [-0.4, -0.2) is 61.1 Å². The first-order chi connectivity index (χ1) is 15.0. The Kier molecular flexibility index (Phi) is 11.0. The topological polar surface area (TPSA) is 78.0 Å². The van der Waals surface area contributed by atoms with Crippen LogP contribution < -0.4 is 20.7 Å². The predicted molar refractivity (Wildman–Crippen MR) is 141 cm³/mol. The van der Waals surface area contributed by atoms with Crippen LogP contribution in [0.5, 0.6) is 5.75 Å². The van der Waals surface area contributed by atoms with E-state index in [2.05, 4.69) is 41.6 Å². The highest BCUT2D eigenvalue weighted by atomic mass is 127. The van der Waals surface area contributed by atoms with E-state index < -0.39 is 0 Å². The van der Waals surface area contributed by atoms with E-state index in [0.29, 0.717) is 18.3 Å². The number of carbonyl (C=O) groups is 1. The first-order valence-electron chi connectivity index (χ1n) is 11.7. The van der Waals surface area contributed by atoms with Gasteiger partial charge in [-0.05, 0) is 77.2 Å². The normalized spacial score (nSPS) is 17.3. The van der Waals surface area contributed by atoms with Crippen LogP contribution in [0.4, 0.5) is 0 Å². The smallest absolute Gasteiger partial charge is 0.258 e. The molecule has 1 saturated carbocycles. The van der Waals surface area contributed by atoms with E-state index in [1.165, 1.54) is 32.4 Å². The molecular formula is C24H40IN5O2. The quantitative estimate of drug-likeness (QED) is 0.234. The molecule has 1 saturated heterocycles. The number of halogens is 1. The Hall–Kier alpha value is -1.55. The van der Waals surface area contributed by atoms with Gasteiger partial charge in [0, 0.05) is 24.7 Å². The average molecular weight is 558 g/mol. The number of ether oxygens (including phenoxy) is 1. The molecule has 8 heteroatoms. The van der Waals surface area contributed by atoms with Gasteiger partial charge in [-0.2, -0.15) is 0 Å². The van der Waals surface area contributed by atoms with Crippen molar-refractivity contribution in [3.8, 4) is 5.75 Å². The molecule has 180 valence electrons. The Morgan fingerprint density at radius 2 is 1.94 bits per heavy atom. The summed E-state index contributed by atoms with van der Waals surface area (Å²) < 4.78 is 5.65. The van der Waals surface area contributed by atoms with Crippen LogP contribution in [0.15, 0.2) is 29.3 Å². The fraction of sp³-hybridized carbons (Fsp3) is 0.667. The fourth-order valence-corrected chi connectivity index (χ4v) is 3.80. The molecule has 1 aromatic carbocycles. The summed E-state index contributed by atoms with van der Waals surface area (Å²) in [5.74, 6) is 1.46. The number of benzene rings is 1. The zero-order chi connectivity index (χ0) is 22.1. The Balaban J connectivity index is 0.00000363. The number of hydrogen-bond acceptors (Lipinski definition) is 4. The summed E-state index contributed by atoms with van der Waals surface area (Å²) in [5, 5.41) is 9.80. The van der Waals surface area contributed by atoms with Gasteiger partial charge in [0.2, 0.25) is 0 Å². The number of carbonyl (C=O) groups excluding carboxylic acids is 1. The minimum absolute atomic E-state index is 0. The van der Waals surface area contributed by atoms with Crippen LogP contribution >= 0.6 is 24.0 Å². The van der Waals surface area contributed by atoms with Gasteiger partial charge in [0.25, 0.3) is 5.91 Å². The lowest BCUT2D eigenvalue weighted by Crippen LogP contribution is -2.54. The third kappa shape index (κ3) is 9.13. The lowest BCUT2D eigenvalue weighted by molar-refractivity contribution is -0.123. The third-order valence-corrected chi connectivity index (χ3v) is 5.88. The summed E-state index contributed by atoms with van der Waals surface area (Å²) in [4.78, 5) is 19.2. The van der Waals surface area contributed by atoms with Gasteiger partial charge in [-0.15, -0.1) is 24.0 Å². The fourth-order valence-electron chi connectivity index (χ4n) is 3.80. The molecule has 32 heavy (non-hydrogen) atoms. The highest BCUT2D eigenvalue weighted by Gasteiger charge is 2.28. The first kappa shape index (κ1) is 26.7. The molecule has 0 bridgehead atoms. The standard InChI is InChI=1S/C24H39N5O2.HI/c1-4-25-23(27-18-24(2,3)29-13-6-5-7-14-29)26-16-19-9-8-10-21(15-19)31-17-22(30)28-20-11-12-20;/h8-10,15,20H,4-7,11-14,16-18H2,1-3H3,(H,28,30)(H2,25,26,27);1H. The van der Waals surface area contributed by atoms with Crippen LogP contribution in [-0.2, 0) is 11.3 Å². The minimum Gasteiger partial charge on any atom is -0.484 e. The maximum atomic E-state index is 11.8. The summed E-state index contributed by atoms with van der Waals surface area (Å²) in [6.45, 7) is 11.3. The summed E-state index contributed by atoms with van der Waals surface area (Å²) in [6, 6.07) is 8.16. The van der Waals surface area contributed by atoms with Crippen LogP contribution in [0.2, 0.25) is 0 Å². The molecule has 3 N–H and O–H groups in total. The molecule has 1 aromatic rings. The van der Waals surface area contributed by atoms with Crippen LogP contribution in [0.1, 0.15) is 58.4 Å². The van der Waals surface area contributed by atoms with E-state index in [-0.39, 0.29) is 42.0 Å². The number of rotatable bonds is 10. The molecule has 1 aliphatic heterocycles. The van der Waals surface area contributed by atoms with Gasteiger partial charge in [0.15, 0.2) is 12.6 Å². The molecule has 0 spiro atoms. The zero-order valence-corrected chi connectivity index (χ0v) is 22.1. The first-order valence-corrected chi connectivity index (χ1v) is 11.7. The maximum Gasteiger partial charge on any atom is 0.258 e. The van der Waals surface area contributed by atoms with Crippen molar-refractivity contribution >= 4 is 35.8 Å². The SMILES string of the molecule is CCNC(=NCc1cccc(OCC(=O)NC2CC2)c1)NCC(C)(C)N1CCCCC1.I. The molecule has 1 amide bonds.